The molecular formula is C10H14N2O4S. The van der Waals surface area contributed by atoms with Crippen LogP contribution in [-0.4, -0.2) is 36.4 Å². The Bertz CT molecular complexity index is 511. The van der Waals surface area contributed by atoms with Crippen LogP contribution < -0.4 is 4.74 Å². The zero-order valence-electron chi connectivity index (χ0n) is 9.46. The summed E-state index contributed by atoms with van der Waals surface area (Å²) in [5, 5.41) is 9.55. The van der Waals surface area contributed by atoms with Crippen LogP contribution in [0.5, 0.6) is 11.6 Å². The second-order valence-corrected chi connectivity index (χ2v) is 6.44. The Balaban J connectivity index is 2.04. The monoisotopic (exact) mass is 258 g/mol. The van der Waals surface area contributed by atoms with Crippen LogP contribution >= 0.6 is 0 Å². The zero-order valence-corrected chi connectivity index (χ0v) is 10.3. The second kappa shape index (κ2) is 4.48. The van der Waals surface area contributed by atoms with Gasteiger partial charge in [-0.15, -0.1) is 0 Å². The Kier molecular flexibility index (Phi) is 3.19. The van der Waals surface area contributed by atoms with Gasteiger partial charge in [-0.2, -0.15) is 4.98 Å². The average Bonchev–Trinajstić information content (AvgIpc) is 2.97. The van der Waals surface area contributed by atoms with E-state index in [4.69, 9.17) is 4.74 Å². The molecule has 94 valence electrons. The van der Waals surface area contributed by atoms with Crippen LogP contribution in [0.4, 0.5) is 0 Å². The van der Waals surface area contributed by atoms with Crippen molar-refractivity contribution < 1.29 is 18.3 Å². The van der Waals surface area contributed by atoms with Gasteiger partial charge in [0.1, 0.15) is 11.6 Å². The van der Waals surface area contributed by atoms with Crippen LogP contribution in [0.1, 0.15) is 18.7 Å². The van der Waals surface area contributed by atoms with Crippen molar-refractivity contribution >= 4 is 9.84 Å². The van der Waals surface area contributed by atoms with E-state index in [9.17, 15) is 13.5 Å². The average molecular weight is 258 g/mol. The van der Waals surface area contributed by atoms with E-state index in [1.807, 2.05) is 0 Å². The number of aromatic nitrogens is 2. The minimum Gasteiger partial charge on any atom is -0.491 e. The minimum absolute atomic E-state index is 0.0729. The minimum atomic E-state index is -3.20. The Labute approximate surface area is 99.6 Å². The number of sulfone groups is 1. The molecule has 1 aliphatic carbocycles. The van der Waals surface area contributed by atoms with Crippen molar-refractivity contribution in [2.45, 2.75) is 18.6 Å². The highest BCUT2D eigenvalue weighted by Crippen LogP contribution is 2.31. The first-order chi connectivity index (χ1) is 7.94. The van der Waals surface area contributed by atoms with Crippen LogP contribution in [0.15, 0.2) is 6.20 Å². The van der Waals surface area contributed by atoms with Crippen molar-refractivity contribution in [3.05, 3.63) is 12.0 Å². The number of hydrogen-bond donors (Lipinski definition) is 1. The molecule has 1 aromatic rings. The zero-order chi connectivity index (χ0) is 12.5. The summed E-state index contributed by atoms with van der Waals surface area (Å²) in [7, 11) is -3.20. The summed E-state index contributed by atoms with van der Waals surface area (Å²) in [5.41, 5.74) is 0. The van der Waals surface area contributed by atoms with Crippen molar-refractivity contribution in [2.75, 3.05) is 12.9 Å². The molecule has 17 heavy (non-hydrogen) atoms. The lowest BCUT2D eigenvalue weighted by atomic mass is 10.4. The smallest absolute Gasteiger partial charge is 0.258 e. The topological polar surface area (TPSA) is 89.4 Å². The molecule has 1 saturated carbocycles. The highest BCUT2D eigenvalue weighted by Gasteiger charge is 2.22. The Hall–Kier alpha value is -1.37. The molecule has 7 heteroatoms. The maximum Gasteiger partial charge on any atom is 0.258 e. The van der Waals surface area contributed by atoms with Crippen molar-refractivity contribution in [2.24, 2.45) is 5.92 Å². The molecule has 1 heterocycles. The fraction of sp³-hybridized carbons (Fsp3) is 0.600. The van der Waals surface area contributed by atoms with E-state index < -0.39 is 9.84 Å². The van der Waals surface area contributed by atoms with Gasteiger partial charge in [0.05, 0.1) is 12.8 Å². The first-order valence-corrected chi connectivity index (χ1v) is 7.35. The molecule has 1 N–H and O–H groups in total. The molecule has 0 amide bonds. The van der Waals surface area contributed by atoms with Gasteiger partial charge in [0.15, 0.2) is 15.6 Å². The molecule has 0 bridgehead atoms. The normalized spacial score (nSPS) is 15.8. The van der Waals surface area contributed by atoms with E-state index in [0.717, 1.165) is 19.1 Å². The van der Waals surface area contributed by atoms with Crippen molar-refractivity contribution in [3.63, 3.8) is 0 Å². The second-order valence-electron chi connectivity index (χ2n) is 4.30. The molecule has 0 aromatic carbocycles. The quantitative estimate of drug-likeness (QED) is 0.828. The number of hydrogen-bond acceptors (Lipinski definition) is 6. The molecule has 1 fully saturated rings. The van der Waals surface area contributed by atoms with Crippen molar-refractivity contribution in [3.8, 4) is 11.6 Å². The highest BCUT2D eigenvalue weighted by atomic mass is 32.2. The van der Waals surface area contributed by atoms with Crippen LogP contribution in [0.2, 0.25) is 0 Å². The van der Waals surface area contributed by atoms with E-state index >= 15 is 0 Å². The first kappa shape index (κ1) is 12.1. The predicted octanol–water partition coefficient (Wildman–Crippen LogP) is 0.516. The number of ether oxygens (including phenoxy) is 1. The SMILES string of the molecule is CS(=O)(=O)Cc1ncc(OCC2CC2)c(O)n1. The first-order valence-electron chi connectivity index (χ1n) is 5.29. The molecular weight excluding hydrogens is 244 g/mol. The van der Waals surface area contributed by atoms with Gasteiger partial charge in [-0.25, -0.2) is 13.4 Å². The molecule has 6 nitrogen and oxygen atoms in total. The Morgan fingerprint density at radius 3 is 2.76 bits per heavy atom. The van der Waals surface area contributed by atoms with Gasteiger partial charge in [-0.05, 0) is 18.8 Å². The van der Waals surface area contributed by atoms with Crippen LogP contribution in [0.3, 0.4) is 0 Å². The van der Waals surface area contributed by atoms with Gasteiger partial charge in [0.25, 0.3) is 5.88 Å². The van der Waals surface area contributed by atoms with Gasteiger partial charge in [-0.1, -0.05) is 0 Å². The van der Waals surface area contributed by atoms with Crippen molar-refractivity contribution in [1.29, 1.82) is 0 Å². The van der Waals surface area contributed by atoms with Crippen LogP contribution in [-0.2, 0) is 15.6 Å². The molecule has 1 aliphatic rings. The lowest BCUT2D eigenvalue weighted by molar-refractivity contribution is 0.278. The molecule has 1 aromatic heterocycles. The Morgan fingerprint density at radius 2 is 2.24 bits per heavy atom. The lowest BCUT2D eigenvalue weighted by Crippen LogP contribution is -2.06. The van der Waals surface area contributed by atoms with Gasteiger partial charge in [0.2, 0.25) is 0 Å². The molecule has 2 rings (SSSR count). The third-order valence-electron chi connectivity index (χ3n) is 2.35. The van der Waals surface area contributed by atoms with E-state index in [-0.39, 0.29) is 23.2 Å². The fourth-order valence-corrected chi connectivity index (χ4v) is 1.90. The number of aromatic hydroxyl groups is 1. The maximum absolute atomic E-state index is 11.0. The summed E-state index contributed by atoms with van der Waals surface area (Å²) in [6.45, 7) is 0.544. The largest absolute Gasteiger partial charge is 0.491 e. The van der Waals surface area contributed by atoms with Gasteiger partial charge in [0, 0.05) is 6.26 Å². The standard InChI is InChI=1S/C10H14N2O4S/c1-17(14,15)6-9-11-4-8(10(13)12-9)16-5-7-2-3-7/h4,7H,2-3,5-6H2,1H3,(H,11,12,13). The van der Waals surface area contributed by atoms with E-state index in [0.29, 0.717) is 12.5 Å². The number of rotatable bonds is 5. The third kappa shape index (κ3) is 3.85. The summed E-state index contributed by atoms with van der Waals surface area (Å²) in [5.74, 6) is 0.242. The Morgan fingerprint density at radius 1 is 1.53 bits per heavy atom. The predicted molar refractivity (Wildman–Crippen MR) is 60.5 cm³/mol. The van der Waals surface area contributed by atoms with E-state index in [1.54, 1.807) is 0 Å². The van der Waals surface area contributed by atoms with Gasteiger partial charge in [-0.3, -0.25) is 0 Å². The molecule has 0 aliphatic heterocycles. The lowest BCUT2D eigenvalue weighted by Gasteiger charge is -2.06. The summed E-state index contributed by atoms with van der Waals surface area (Å²) >= 11 is 0. The summed E-state index contributed by atoms with van der Waals surface area (Å²) in [6.07, 6.45) is 4.69. The molecule has 0 spiro atoms. The van der Waals surface area contributed by atoms with Crippen LogP contribution in [0, 0.1) is 5.92 Å². The molecule has 0 saturated heterocycles. The van der Waals surface area contributed by atoms with Crippen LogP contribution in [0.25, 0.3) is 0 Å². The summed E-state index contributed by atoms with van der Waals surface area (Å²) < 4.78 is 27.4. The van der Waals surface area contributed by atoms with Gasteiger partial charge < -0.3 is 9.84 Å². The summed E-state index contributed by atoms with van der Waals surface area (Å²) in [4.78, 5) is 7.55. The molecule has 0 unspecified atom stereocenters. The molecule has 0 radical (unpaired) electrons. The molecule has 0 atom stereocenters. The summed E-state index contributed by atoms with van der Waals surface area (Å²) in [6, 6.07) is 0. The van der Waals surface area contributed by atoms with E-state index in [2.05, 4.69) is 9.97 Å². The fourth-order valence-electron chi connectivity index (χ4n) is 1.30. The van der Waals surface area contributed by atoms with Crippen molar-refractivity contribution in [1.82, 2.24) is 9.97 Å². The van der Waals surface area contributed by atoms with E-state index in [1.165, 1.54) is 6.20 Å². The highest BCUT2D eigenvalue weighted by molar-refractivity contribution is 7.89. The third-order valence-corrected chi connectivity index (χ3v) is 3.13. The number of nitrogens with zero attached hydrogens (tertiary/aromatic N) is 2. The van der Waals surface area contributed by atoms with Gasteiger partial charge >= 0.3 is 0 Å². The maximum atomic E-state index is 11.0.